The summed E-state index contributed by atoms with van der Waals surface area (Å²) >= 11 is 0. The summed E-state index contributed by atoms with van der Waals surface area (Å²) in [6, 6.07) is 22.2. The van der Waals surface area contributed by atoms with Crippen molar-refractivity contribution in [3.63, 3.8) is 0 Å². The third kappa shape index (κ3) is 5.31. The first-order valence-corrected chi connectivity index (χ1v) is 12.5. The van der Waals surface area contributed by atoms with Gasteiger partial charge in [-0.1, -0.05) is 49.4 Å². The molecule has 36 heavy (non-hydrogen) atoms. The number of carbonyl (C=O) groups is 1. The molecular weight excluding hydrogens is 448 g/mol. The molecule has 0 bridgehead atoms. The molecule has 0 unspecified atom stereocenters. The normalized spacial score (nSPS) is 14.1. The minimum Gasteiger partial charge on any atom is -0.354 e. The smallest absolute Gasteiger partial charge is 0.255 e. The molecule has 0 radical (unpaired) electrons. The molecule has 1 aliphatic heterocycles. The van der Waals surface area contributed by atoms with Crippen molar-refractivity contribution in [1.29, 1.82) is 0 Å². The average molecular weight is 481 g/mol. The van der Waals surface area contributed by atoms with Crippen LogP contribution in [-0.2, 0) is 13.0 Å². The van der Waals surface area contributed by atoms with Crippen LogP contribution in [0.15, 0.2) is 79.1 Å². The lowest BCUT2D eigenvalue weighted by Crippen LogP contribution is -2.44. The summed E-state index contributed by atoms with van der Waals surface area (Å²) in [5.74, 6) is 0.813. The molecule has 4 aromatic rings. The van der Waals surface area contributed by atoms with Crippen LogP contribution in [0, 0.1) is 0 Å². The number of carbonyl (C=O) groups excluding carboxylic acids is 1. The molecule has 1 amide bonds. The van der Waals surface area contributed by atoms with Crippen LogP contribution in [0.5, 0.6) is 0 Å². The van der Waals surface area contributed by atoms with Gasteiger partial charge in [-0.25, -0.2) is 9.67 Å². The van der Waals surface area contributed by atoms with E-state index in [1.165, 1.54) is 5.56 Å². The van der Waals surface area contributed by atoms with E-state index in [4.69, 9.17) is 5.10 Å². The maximum atomic E-state index is 13.4. The van der Waals surface area contributed by atoms with Gasteiger partial charge < -0.3 is 15.1 Å². The number of para-hydroxylation sites is 1. The molecule has 0 aliphatic carbocycles. The largest absolute Gasteiger partial charge is 0.354 e. The van der Waals surface area contributed by atoms with Gasteiger partial charge in [0.25, 0.3) is 5.91 Å². The van der Waals surface area contributed by atoms with E-state index in [1.54, 1.807) is 4.68 Å². The highest BCUT2D eigenvalue weighted by atomic mass is 16.1. The summed E-state index contributed by atoms with van der Waals surface area (Å²) in [5.41, 5.74) is 5.34. The van der Waals surface area contributed by atoms with Gasteiger partial charge >= 0.3 is 0 Å². The van der Waals surface area contributed by atoms with Gasteiger partial charge in [0.2, 0.25) is 0 Å². The van der Waals surface area contributed by atoms with E-state index in [0.717, 1.165) is 55.2 Å². The van der Waals surface area contributed by atoms with E-state index in [2.05, 4.69) is 52.3 Å². The molecule has 3 heterocycles. The molecular formula is C29H32N6O. The zero-order valence-corrected chi connectivity index (χ0v) is 20.9. The maximum Gasteiger partial charge on any atom is 0.255 e. The molecule has 0 spiro atoms. The highest BCUT2D eigenvalue weighted by Crippen LogP contribution is 2.25. The highest BCUT2D eigenvalue weighted by Gasteiger charge is 2.19. The number of benzene rings is 2. The predicted molar refractivity (Wildman–Crippen MR) is 143 cm³/mol. The van der Waals surface area contributed by atoms with Gasteiger partial charge in [-0.05, 0) is 48.9 Å². The predicted octanol–water partition coefficient (Wildman–Crippen LogP) is 4.18. The van der Waals surface area contributed by atoms with Crippen molar-refractivity contribution < 1.29 is 4.79 Å². The number of hydrogen-bond acceptors (Lipinski definition) is 5. The number of anilines is 1. The fourth-order valence-corrected chi connectivity index (χ4v) is 4.42. The van der Waals surface area contributed by atoms with E-state index in [-0.39, 0.29) is 5.91 Å². The van der Waals surface area contributed by atoms with Crippen LogP contribution in [0.1, 0.15) is 28.4 Å². The third-order valence-corrected chi connectivity index (χ3v) is 6.71. The standard InChI is InChI=1S/C29H32N6O/c1-3-22-9-11-24(12-10-22)28-26(21-35(32-28)25-7-5-4-6-8-25)29(36)31-20-23-13-14-30-27(19-23)34-17-15-33(2)16-18-34/h4-14,19,21H,3,15-18,20H2,1-2H3,(H,31,36). The van der Waals surface area contributed by atoms with E-state index < -0.39 is 0 Å². The number of nitrogens with zero attached hydrogens (tertiary/aromatic N) is 5. The molecule has 1 N–H and O–H groups in total. The van der Waals surface area contributed by atoms with Gasteiger partial charge in [-0.15, -0.1) is 0 Å². The van der Waals surface area contributed by atoms with Crippen LogP contribution in [0.3, 0.4) is 0 Å². The van der Waals surface area contributed by atoms with Gasteiger partial charge in [0.05, 0.1) is 11.3 Å². The molecule has 0 atom stereocenters. The van der Waals surface area contributed by atoms with Gasteiger partial charge in [-0.2, -0.15) is 5.10 Å². The molecule has 1 saturated heterocycles. The number of pyridine rings is 1. The first-order valence-electron chi connectivity index (χ1n) is 12.5. The van der Waals surface area contributed by atoms with E-state index in [9.17, 15) is 4.79 Å². The number of rotatable bonds is 7. The number of nitrogens with one attached hydrogen (secondary N) is 1. The second kappa shape index (κ2) is 10.7. The average Bonchev–Trinajstić information content (AvgIpc) is 3.39. The molecule has 1 fully saturated rings. The molecule has 5 rings (SSSR count). The van der Waals surface area contributed by atoms with Crippen molar-refractivity contribution in [2.24, 2.45) is 0 Å². The molecule has 2 aromatic heterocycles. The van der Waals surface area contributed by atoms with Crippen LogP contribution in [0.25, 0.3) is 16.9 Å². The van der Waals surface area contributed by atoms with Crippen LogP contribution < -0.4 is 10.2 Å². The summed E-state index contributed by atoms with van der Waals surface area (Å²) in [7, 11) is 2.14. The van der Waals surface area contributed by atoms with Gasteiger partial charge in [0.15, 0.2) is 0 Å². The second-order valence-electron chi connectivity index (χ2n) is 9.22. The number of hydrogen-bond donors (Lipinski definition) is 1. The number of amides is 1. The first-order chi connectivity index (χ1) is 17.6. The summed E-state index contributed by atoms with van der Waals surface area (Å²) in [6.07, 6.45) is 4.60. The minimum absolute atomic E-state index is 0.148. The molecule has 184 valence electrons. The van der Waals surface area contributed by atoms with Crippen LogP contribution in [-0.4, -0.2) is 58.8 Å². The lowest BCUT2D eigenvalue weighted by Gasteiger charge is -2.33. The zero-order valence-electron chi connectivity index (χ0n) is 20.9. The summed E-state index contributed by atoms with van der Waals surface area (Å²) < 4.78 is 1.77. The van der Waals surface area contributed by atoms with Crippen molar-refractivity contribution in [2.75, 3.05) is 38.1 Å². The Morgan fingerprint density at radius 2 is 1.69 bits per heavy atom. The zero-order chi connectivity index (χ0) is 24.9. The number of piperazine rings is 1. The fraction of sp³-hybridized carbons (Fsp3) is 0.276. The van der Waals surface area contributed by atoms with Crippen LogP contribution >= 0.6 is 0 Å². The van der Waals surface area contributed by atoms with Crippen molar-refractivity contribution in [2.45, 2.75) is 19.9 Å². The lowest BCUT2D eigenvalue weighted by molar-refractivity contribution is 0.0951. The number of aromatic nitrogens is 3. The fourth-order valence-electron chi connectivity index (χ4n) is 4.42. The summed E-state index contributed by atoms with van der Waals surface area (Å²) in [5, 5.41) is 7.90. The summed E-state index contributed by atoms with van der Waals surface area (Å²) in [4.78, 5) is 22.6. The van der Waals surface area contributed by atoms with Crippen molar-refractivity contribution in [1.82, 2.24) is 25.0 Å². The van der Waals surface area contributed by atoms with Gasteiger partial charge in [0.1, 0.15) is 11.5 Å². The molecule has 2 aromatic carbocycles. The monoisotopic (exact) mass is 480 g/mol. The topological polar surface area (TPSA) is 66.3 Å². The Hall–Kier alpha value is -3.97. The van der Waals surface area contributed by atoms with Gasteiger partial charge in [-0.3, -0.25) is 4.79 Å². The Bertz CT molecular complexity index is 1310. The summed E-state index contributed by atoms with van der Waals surface area (Å²) in [6.45, 7) is 6.52. The van der Waals surface area contributed by atoms with Crippen molar-refractivity contribution in [3.8, 4) is 16.9 Å². The molecule has 7 nitrogen and oxygen atoms in total. The van der Waals surface area contributed by atoms with E-state index >= 15 is 0 Å². The highest BCUT2D eigenvalue weighted by molar-refractivity contribution is 5.99. The minimum atomic E-state index is -0.148. The Balaban J connectivity index is 1.37. The number of likely N-dealkylation sites (N-methyl/N-ethyl adjacent to an activating group) is 1. The van der Waals surface area contributed by atoms with Crippen LogP contribution in [0.4, 0.5) is 5.82 Å². The SMILES string of the molecule is CCc1ccc(-c2nn(-c3ccccc3)cc2C(=O)NCc2ccnc(N3CCN(C)CC3)c2)cc1. The Morgan fingerprint density at radius 1 is 0.944 bits per heavy atom. The lowest BCUT2D eigenvalue weighted by atomic mass is 10.0. The quantitative estimate of drug-likeness (QED) is 0.430. The van der Waals surface area contributed by atoms with E-state index in [0.29, 0.717) is 17.8 Å². The van der Waals surface area contributed by atoms with Crippen LogP contribution in [0.2, 0.25) is 0 Å². The molecule has 1 aliphatic rings. The van der Waals surface area contributed by atoms with Gasteiger partial charge in [0, 0.05) is 50.7 Å². The third-order valence-electron chi connectivity index (χ3n) is 6.71. The Labute approximate surface area is 212 Å². The molecule has 7 heteroatoms. The number of aryl methyl sites for hydroxylation is 1. The molecule has 0 saturated carbocycles. The Morgan fingerprint density at radius 3 is 2.42 bits per heavy atom. The van der Waals surface area contributed by atoms with E-state index in [1.807, 2.05) is 60.9 Å². The van der Waals surface area contributed by atoms with Crippen molar-refractivity contribution in [3.05, 3.63) is 95.8 Å². The van der Waals surface area contributed by atoms with Crippen molar-refractivity contribution >= 4 is 11.7 Å². The Kier molecular flexibility index (Phi) is 7.09. The maximum absolute atomic E-state index is 13.4. The first kappa shape index (κ1) is 23.8. The second-order valence-corrected chi connectivity index (χ2v) is 9.22.